The number of urea groups is 1. The van der Waals surface area contributed by atoms with Crippen molar-refractivity contribution in [1.29, 1.82) is 0 Å². The Kier molecular flexibility index (Phi) is 7.99. The van der Waals surface area contributed by atoms with Crippen molar-refractivity contribution < 1.29 is 19.0 Å². The maximum atomic E-state index is 12.4. The maximum Gasteiger partial charge on any atom is 0.323 e. The molecule has 0 unspecified atom stereocenters. The number of nitrogens with one attached hydrogen (secondary N) is 2. The molecule has 2 N–H and O–H groups in total. The van der Waals surface area contributed by atoms with Crippen LogP contribution in [-0.2, 0) is 0 Å². The third-order valence-electron chi connectivity index (χ3n) is 4.00. The van der Waals surface area contributed by atoms with Crippen LogP contribution in [0.4, 0.5) is 16.2 Å². The van der Waals surface area contributed by atoms with Gasteiger partial charge in [-0.1, -0.05) is 26.0 Å². The standard InChI is InChI=1S/C22H30N2O4/c1-6-26-19-13-18(14-20(27-7-2)21(19)28-8-3)24-22(25)23-17-11-9-16(10-12-17)15(4)5/h9-15H,6-8H2,1-5H3,(H2,23,24,25). The lowest BCUT2D eigenvalue weighted by molar-refractivity contribution is 0.260. The van der Waals surface area contributed by atoms with Crippen LogP contribution in [0.1, 0.15) is 46.1 Å². The number of amides is 2. The van der Waals surface area contributed by atoms with Crippen molar-refractivity contribution in [3.8, 4) is 17.2 Å². The Morgan fingerprint density at radius 2 is 1.32 bits per heavy atom. The Balaban J connectivity index is 2.17. The number of rotatable bonds is 9. The van der Waals surface area contributed by atoms with Crippen molar-refractivity contribution in [1.82, 2.24) is 0 Å². The first-order valence-corrected chi connectivity index (χ1v) is 9.72. The highest BCUT2D eigenvalue weighted by molar-refractivity contribution is 6.00. The molecule has 0 saturated heterocycles. The molecule has 0 bridgehead atoms. The monoisotopic (exact) mass is 386 g/mol. The van der Waals surface area contributed by atoms with Crippen molar-refractivity contribution in [2.24, 2.45) is 0 Å². The van der Waals surface area contributed by atoms with Crippen molar-refractivity contribution in [3.63, 3.8) is 0 Å². The van der Waals surface area contributed by atoms with Gasteiger partial charge < -0.3 is 24.8 Å². The van der Waals surface area contributed by atoms with Gasteiger partial charge >= 0.3 is 6.03 Å². The largest absolute Gasteiger partial charge is 0.490 e. The summed E-state index contributed by atoms with van der Waals surface area (Å²) in [5.74, 6) is 2.06. The zero-order valence-corrected chi connectivity index (χ0v) is 17.3. The van der Waals surface area contributed by atoms with Crippen LogP contribution in [0.5, 0.6) is 17.2 Å². The lowest BCUT2D eigenvalue weighted by Gasteiger charge is -2.17. The van der Waals surface area contributed by atoms with E-state index in [1.807, 2.05) is 45.0 Å². The van der Waals surface area contributed by atoms with Crippen molar-refractivity contribution in [3.05, 3.63) is 42.0 Å². The highest BCUT2D eigenvalue weighted by Gasteiger charge is 2.16. The average molecular weight is 386 g/mol. The fourth-order valence-corrected chi connectivity index (χ4v) is 2.71. The number of carbonyl (C=O) groups is 1. The lowest BCUT2D eigenvalue weighted by Crippen LogP contribution is -2.19. The van der Waals surface area contributed by atoms with Gasteiger partial charge in [0.2, 0.25) is 5.75 Å². The molecule has 0 spiro atoms. The lowest BCUT2D eigenvalue weighted by atomic mass is 10.0. The zero-order chi connectivity index (χ0) is 20.5. The number of anilines is 2. The summed E-state index contributed by atoms with van der Waals surface area (Å²) in [4.78, 5) is 12.4. The molecule has 2 aromatic rings. The Morgan fingerprint density at radius 3 is 1.79 bits per heavy atom. The van der Waals surface area contributed by atoms with Gasteiger partial charge in [0.25, 0.3) is 0 Å². The number of hydrogen-bond acceptors (Lipinski definition) is 4. The highest BCUT2D eigenvalue weighted by atomic mass is 16.5. The number of hydrogen-bond donors (Lipinski definition) is 2. The van der Waals surface area contributed by atoms with Crippen molar-refractivity contribution >= 4 is 17.4 Å². The van der Waals surface area contributed by atoms with Gasteiger partial charge in [-0.3, -0.25) is 0 Å². The van der Waals surface area contributed by atoms with E-state index in [4.69, 9.17) is 14.2 Å². The molecular formula is C22H30N2O4. The molecular weight excluding hydrogens is 356 g/mol. The van der Waals surface area contributed by atoms with Crippen LogP contribution in [0.25, 0.3) is 0 Å². The molecule has 0 radical (unpaired) electrons. The second-order valence-electron chi connectivity index (χ2n) is 6.46. The van der Waals surface area contributed by atoms with Crippen molar-refractivity contribution in [2.75, 3.05) is 30.5 Å². The highest BCUT2D eigenvalue weighted by Crippen LogP contribution is 2.40. The Labute approximate surface area is 167 Å². The van der Waals surface area contributed by atoms with Gasteiger partial charge in [-0.2, -0.15) is 0 Å². The topological polar surface area (TPSA) is 68.8 Å². The van der Waals surface area contributed by atoms with E-state index in [-0.39, 0.29) is 6.03 Å². The minimum absolute atomic E-state index is 0.341. The van der Waals surface area contributed by atoms with Crippen LogP contribution >= 0.6 is 0 Å². The molecule has 28 heavy (non-hydrogen) atoms. The van der Waals surface area contributed by atoms with Gasteiger partial charge in [0.1, 0.15) is 0 Å². The fourth-order valence-electron chi connectivity index (χ4n) is 2.71. The summed E-state index contributed by atoms with van der Waals surface area (Å²) in [6, 6.07) is 10.9. The van der Waals surface area contributed by atoms with Crippen LogP contribution in [0, 0.1) is 0 Å². The third kappa shape index (κ3) is 5.81. The minimum atomic E-state index is -0.341. The van der Waals surface area contributed by atoms with E-state index in [1.165, 1.54) is 5.56 Å². The van der Waals surface area contributed by atoms with Gasteiger partial charge in [-0.25, -0.2) is 4.79 Å². The van der Waals surface area contributed by atoms with E-state index in [0.29, 0.717) is 48.7 Å². The molecule has 2 amide bonds. The maximum absolute atomic E-state index is 12.4. The van der Waals surface area contributed by atoms with Crippen LogP contribution < -0.4 is 24.8 Å². The Hall–Kier alpha value is -2.89. The summed E-state index contributed by atoms with van der Waals surface area (Å²) in [6.07, 6.45) is 0. The van der Waals surface area contributed by atoms with Crippen molar-refractivity contribution in [2.45, 2.75) is 40.5 Å². The molecule has 0 aliphatic heterocycles. The molecule has 0 saturated carbocycles. The summed E-state index contributed by atoms with van der Waals surface area (Å²) in [5, 5.41) is 5.67. The fraction of sp³-hybridized carbons (Fsp3) is 0.409. The first kappa shape index (κ1) is 21.4. The quantitative estimate of drug-likeness (QED) is 0.584. The molecule has 0 fully saturated rings. The molecule has 2 rings (SSSR count). The van der Waals surface area contributed by atoms with Gasteiger partial charge in [0.05, 0.1) is 25.5 Å². The van der Waals surface area contributed by atoms with E-state index >= 15 is 0 Å². The summed E-state index contributed by atoms with van der Waals surface area (Å²) in [6.45, 7) is 11.4. The molecule has 0 atom stereocenters. The predicted octanol–water partition coefficient (Wildman–Crippen LogP) is 5.65. The minimum Gasteiger partial charge on any atom is -0.490 e. The smallest absolute Gasteiger partial charge is 0.323 e. The van der Waals surface area contributed by atoms with Crippen LogP contribution in [0.2, 0.25) is 0 Å². The predicted molar refractivity (Wildman–Crippen MR) is 113 cm³/mol. The number of carbonyl (C=O) groups excluding carboxylic acids is 1. The van der Waals surface area contributed by atoms with Gasteiger partial charge in [-0.15, -0.1) is 0 Å². The van der Waals surface area contributed by atoms with Crippen LogP contribution in [0.15, 0.2) is 36.4 Å². The first-order valence-electron chi connectivity index (χ1n) is 9.72. The van der Waals surface area contributed by atoms with Crippen LogP contribution in [-0.4, -0.2) is 25.9 Å². The van der Waals surface area contributed by atoms with Crippen LogP contribution in [0.3, 0.4) is 0 Å². The summed E-state index contributed by atoms with van der Waals surface area (Å²) >= 11 is 0. The number of ether oxygens (including phenoxy) is 3. The summed E-state index contributed by atoms with van der Waals surface area (Å²) in [7, 11) is 0. The Bertz CT molecular complexity index is 746. The normalized spacial score (nSPS) is 10.5. The molecule has 6 heteroatoms. The van der Waals surface area contributed by atoms with E-state index in [1.54, 1.807) is 12.1 Å². The van der Waals surface area contributed by atoms with E-state index in [9.17, 15) is 4.79 Å². The summed E-state index contributed by atoms with van der Waals surface area (Å²) < 4.78 is 17.0. The molecule has 2 aromatic carbocycles. The number of benzene rings is 2. The van der Waals surface area contributed by atoms with Gasteiger partial charge in [0, 0.05) is 17.8 Å². The summed E-state index contributed by atoms with van der Waals surface area (Å²) in [5.41, 5.74) is 2.51. The average Bonchev–Trinajstić information content (AvgIpc) is 2.65. The second kappa shape index (κ2) is 10.4. The van der Waals surface area contributed by atoms with E-state index in [0.717, 1.165) is 5.69 Å². The second-order valence-corrected chi connectivity index (χ2v) is 6.46. The molecule has 0 aliphatic carbocycles. The molecule has 152 valence electrons. The molecule has 0 heterocycles. The van der Waals surface area contributed by atoms with E-state index < -0.39 is 0 Å². The first-order chi connectivity index (χ1) is 13.5. The van der Waals surface area contributed by atoms with E-state index in [2.05, 4.69) is 24.5 Å². The molecule has 0 aromatic heterocycles. The zero-order valence-electron chi connectivity index (χ0n) is 17.3. The molecule has 6 nitrogen and oxygen atoms in total. The SMILES string of the molecule is CCOc1cc(NC(=O)Nc2ccc(C(C)C)cc2)cc(OCC)c1OCC. The van der Waals surface area contributed by atoms with Gasteiger partial charge in [0.15, 0.2) is 11.5 Å². The third-order valence-corrected chi connectivity index (χ3v) is 4.00. The molecule has 0 aliphatic rings. The van der Waals surface area contributed by atoms with Gasteiger partial charge in [-0.05, 0) is 44.4 Å². The Morgan fingerprint density at radius 1 is 0.821 bits per heavy atom.